The average molecular weight is 311 g/mol. The van der Waals surface area contributed by atoms with Gasteiger partial charge < -0.3 is 5.32 Å². The third-order valence-electron chi connectivity index (χ3n) is 4.04. The van der Waals surface area contributed by atoms with E-state index in [-0.39, 0.29) is 17.0 Å². The molecule has 0 saturated carbocycles. The third kappa shape index (κ3) is 5.11. The van der Waals surface area contributed by atoms with Crippen LogP contribution in [-0.2, 0) is 9.84 Å². The summed E-state index contributed by atoms with van der Waals surface area (Å²) >= 11 is 0. The van der Waals surface area contributed by atoms with E-state index < -0.39 is 9.84 Å². The zero-order chi connectivity index (χ0) is 16.0. The summed E-state index contributed by atoms with van der Waals surface area (Å²) in [6.07, 6.45) is 1.65. The van der Waals surface area contributed by atoms with Gasteiger partial charge in [-0.2, -0.15) is 0 Å². The topological polar surface area (TPSA) is 46.2 Å². The summed E-state index contributed by atoms with van der Waals surface area (Å²) in [5, 5.41) is 3.13. The van der Waals surface area contributed by atoms with Crippen LogP contribution in [-0.4, -0.2) is 26.0 Å². The Labute approximate surface area is 130 Å². The molecule has 1 aromatic carbocycles. The summed E-state index contributed by atoms with van der Waals surface area (Å²) in [5.41, 5.74) is 3.42. The summed E-state index contributed by atoms with van der Waals surface area (Å²) in [7, 11) is -3.08. The Bertz CT molecular complexity index is 552. The molecule has 0 heterocycles. The number of hydrogen-bond donors (Lipinski definition) is 1. The molecule has 0 saturated heterocycles. The van der Waals surface area contributed by atoms with Crippen LogP contribution in [0.3, 0.4) is 0 Å². The van der Waals surface area contributed by atoms with Crippen molar-refractivity contribution in [3.8, 4) is 0 Å². The molecule has 0 amide bonds. The van der Waals surface area contributed by atoms with E-state index in [4.69, 9.17) is 0 Å². The summed E-state index contributed by atoms with van der Waals surface area (Å²) < 4.78 is 24.9. The fourth-order valence-electron chi connectivity index (χ4n) is 2.36. The standard InChI is InChI=1S/C17H29NO2S/c1-6-10-18-17(12-21(19,20)15(5)7-2)16-11-13(3)8-9-14(16)4/h8-9,11,15,17-18H,6-7,10,12H2,1-5H3. The Kier molecular flexibility index (Phi) is 6.88. The second kappa shape index (κ2) is 7.95. The van der Waals surface area contributed by atoms with E-state index in [9.17, 15) is 8.42 Å². The van der Waals surface area contributed by atoms with E-state index in [1.165, 1.54) is 5.56 Å². The maximum atomic E-state index is 12.5. The first kappa shape index (κ1) is 18.2. The largest absolute Gasteiger partial charge is 0.309 e. The van der Waals surface area contributed by atoms with Gasteiger partial charge in [-0.25, -0.2) is 8.42 Å². The highest BCUT2D eigenvalue weighted by Gasteiger charge is 2.25. The Morgan fingerprint density at radius 3 is 2.43 bits per heavy atom. The molecule has 120 valence electrons. The van der Waals surface area contributed by atoms with Crippen molar-refractivity contribution in [2.45, 2.75) is 58.8 Å². The summed E-state index contributed by atoms with van der Waals surface area (Å²) in [6.45, 7) is 10.7. The molecule has 2 atom stereocenters. The van der Waals surface area contributed by atoms with Gasteiger partial charge in [-0.3, -0.25) is 0 Å². The molecule has 3 nitrogen and oxygen atoms in total. The van der Waals surface area contributed by atoms with Crippen LogP contribution >= 0.6 is 0 Å². The summed E-state index contributed by atoms with van der Waals surface area (Å²) in [5.74, 6) is 0.173. The molecule has 0 bridgehead atoms. The zero-order valence-electron chi connectivity index (χ0n) is 13.9. The number of benzene rings is 1. The number of hydrogen-bond acceptors (Lipinski definition) is 3. The minimum Gasteiger partial charge on any atom is -0.309 e. The highest BCUT2D eigenvalue weighted by Crippen LogP contribution is 2.23. The molecular formula is C17H29NO2S. The van der Waals surface area contributed by atoms with Crippen LogP contribution in [0.2, 0.25) is 0 Å². The van der Waals surface area contributed by atoms with Crippen LogP contribution in [0.4, 0.5) is 0 Å². The monoisotopic (exact) mass is 311 g/mol. The van der Waals surface area contributed by atoms with Crippen LogP contribution in [0.15, 0.2) is 18.2 Å². The first-order chi connectivity index (χ1) is 9.81. The highest BCUT2D eigenvalue weighted by molar-refractivity contribution is 7.92. The minimum absolute atomic E-state index is 0.121. The minimum atomic E-state index is -3.08. The molecule has 4 heteroatoms. The van der Waals surface area contributed by atoms with E-state index in [0.717, 1.165) is 24.1 Å². The Hall–Kier alpha value is -0.870. The van der Waals surface area contributed by atoms with Gasteiger partial charge in [0.2, 0.25) is 0 Å². The third-order valence-corrected chi connectivity index (χ3v) is 6.40. The van der Waals surface area contributed by atoms with Crippen molar-refractivity contribution in [3.63, 3.8) is 0 Å². The molecule has 0 aliphatic rings. The first-order valence-corrected chi connectivity index (χ1v) is 9.55. The number of rotatable bonds is 8. The molecule has 1 N–H and O–H groups in total. The van der Waals surface area contributed by atoms with Gasteiger partial charge in [0.1, 0.15) is 0 Å². The predicted octanol–water partition coefficient (Wildman–Crippen LogP) is 3.56. The van der Waals surface area contributed by atoms with Crippen molar-refractivity contribution in [2.24, 2.45) is 0 Å². The SMILES string of the molecule is CCCNC(CS(=O)(=O)C(C)CC)c1cc(C)ccc1C. The lowest BCUT2D eigenvalue weighted by Crippen LogP contribution is -2.33. The van der Waals surface area contributed by atoms with E-state index in [1.54, 1.807) is 6.92 Å². The number of aryl methyl sites for hydroxylation is 2. The summed E-state index contributed by atoms with van der Waals surface area (Å²) in [6, 6.07) is 6.12. The molecule has 0 aliphatic carbocycles. The predicted molar refractivity (Wildman–Crippen MR) is 90.5 cm³/mol. The molecule has 0 aromatic heterocycles. The fraction of sp³-hybridized carbons (Fsp3) is 0.647. The van der Waals surface area contributed by atoms with Crippen LogP contribution in [0, 0.1) is 13.8 Å². The number of sulfone groups is 1. The molecular weight excluding hydrogens is 282 g/mol. The lowest BCUT2D eigenvalue weighted by molar-refractivity contribution is 0.537. The van der Waals surface area contributed by atoms with Crippen molar-refractivity contribution in [1.82, 2.24) is 5.32 Å². The van der Waals surface area contributed by atoms with E-state index >= 15 is 0 Å². The molecule has 0 radical (unpaired) electrons. The van der Waals surface area contributed by atoms with Gasteiger partial charge in [0.05, 0.1) is 11.0 Å². The van der Waals surface area contributed by atoms with Gasteiger partial charge >= 0.3 is 0 Å². The maximum Gasteiger partial charge on any atom is 0.154 e. The van der Waals surface area contributed by atoms with Gasteiger partial charge in [-0.1, -0.05) is 37.6 Å². The molecule has 21 heavy (non-hydrogen) atoms. The van der Waals surface area contributed by atoms with Gasteiger partial charge in [-0.15, -0.1) is 0 Å². The van der Waals surface area contributed by atoms with E-state index in [2.05, 4.69) is 30.4 Å². The smallest absolute Gasteiger partial charge is 0.154 e. The number of nitrogens with one attached hydrogen (secondary N) is 1. The molecule has 0 spiro atoms. The maximum absolute atomic E-state index is 12.5. The van der Waals surface area contributed by atoms with Crippen molar-refractivity contribution in [1.29, 1.82) is 0 Å². The van der Waals surface area contributed by atoms with Crippen LogP contribution in [0.5, 0.6) is 0 Å². The molecule has 0 fully saturated rings. The lowest BCUT2D eigenvalue weighted by atomic mass is 10.00. The van der Waals surface area contributed by atoms with Crippen LogP contribution in [0.1, 0.15) is 56.3 Å². The van der Waals surface area contributed by atoms with Gasteiger partial charge in [-0.05, 0) is 51.3 Å². The van der Waals surface area contributed by atoms with Crippen molar-refractivity contribution in [2.75, 3.05) is 12.3 Å². The second-order valence-corrected chi connectivity index (χ2v) is 8.38. The Morgan fingerprint density at radius 1 is 1.19 bits per heavy atom. The van der Waals surface area contributed by atoms with Gasteiger partial charge in [0.15, 0.2) is 9.84 Å². The quantitative estimate of drug-likeness (QED) is 0.798. The van der Waals surface area contributed by atoms with Crippen molar-refractivity contribution >= 4 is 9.84 Å². The van der Waals surface area contributed by atoms with Crippen LogP contribution < -0.4 is 5.32 Å². The Balaban J connectivity index is 3.09. The zero-order valence-corrected chi connectivity index (χ0v) is 14.8. The molecule has 1 aromatic rings. The van der Waals surface area contributed by atoms with Crippen molar-refractivity contribution < 1.29 is 8.42 Å². The van der Waals surface area contributed by atoms with E-state index in [1.807, 2.05) is 20.8 Å². The molecule has 0 aliphatic heterocycles. The van der Waals surface area contributed by atoms with Gasteiger partial charge in [0, 0.05) is 6.04 Å². The molecule has 1 rings (SSSR count). The van der Waals surface area contributed by atoms with Gasteiger partial charge in [0.25, 0.3) is 0 Å². The average Bonchev–Trinajstić information content (AvgIpc) is 2.45. The summed E-state index contributed by atoms with van der Waals surface area (Å²) in [4.78, 5) is 0. The first-order valence-electron chi connectivity index (χ1n) is 7.83. The molecule has 2 unspecified atom stereocenters. The highest BCUT2D eigenvalue weighted by atomic mass is 32.2. The van der Waals surface area contributed by atoms with E-state index in [0.29, 0.717) is 6.42 Å². The fourth-order valence-corrected chi connectivity index (χ4v) is 3.96. The Morgan fingerprint density at radius 2 is 1.86 bits per heavy atom. The van der Waals surface area contributed by atoms with Crippen molar-refractivity contribution in [3.05, 3.63) is 34.9 Å². The normalized spacial score (nSPS) is 14.9. The van der Waals surface area contributed by atoms with Crippen LogP contribution in [0.25, 0.3) is 0 Å². The lowest BCUT2D eigenvalue weighted by Gasteiger charge is -2.23. The second-order valence-electron chi connectivity index (χ2n) is 5.92.